The highest BCUT2D eigenvalue weighted by atomic mass is 35.5. The lowest BCUT2D eigenvalue weighted by Crippen LogP contribution is -2.25. The molecule has 0 radical (unpaired) electrons. The molecule has 8 heteroatoms. The maximum Gasteiger partial charge on any atom is 0.270 e. The Morgan fingerprint density at radius 2 is 2.20 bits per heavy atom. The number of nitrogens with one attached hydrogen (secondary N) is 1. The minimum atomic E-state index is -0.577. The second-order valence-electron chi connectivity index (χ2n) is 3.87. The van der Waals surface area contributed by atoms with E-state index in [0.717, 1.165) is 6.07 Å². The van der Waals surface area contributed by atoms with Gasteiger partial charge >= 0.3 is 0 Å². The molecule has 7 nitrogen and oxygen atoms in total. The molecule has 110 valence electrons. The highest BCUT2D eigenvalue weighted by Crippen LogP contribution is 2.22. The molecule has 0 atom stereocenters. The van der Waals surface area contributed by atoms with Gasteiger partial charge < -0.3 is 15.2 Å². The summed E-state index contributed by atoms with van der Waals surface area (Å²) in [6.45, 7) is 1.04. The summed E-state index contributed by atoms with van der Waals surface area (Å²) in [6.07, 6.45) is 0.594. The number of ether oxygens (including phenoxy) is 1. The molecule has 0 aliphatic heterocycles. The monoisotopic (exact) mass is 302 g/mol. The number of halogens is 1. The fourth-order valence-electron chi connectivity index (χ4n) is 1.44. The van der Waals surface area contributed by atoms with Crippen LogP contribution in [0.3, 0.4) is 0 Å². The number of carbonyl (C=O) groups is 1. The fraction of sp³-hybridized carbons (Fsp3) is 0.417. The smallest absolute Gasteiger partial charge is 0.270 e. The van der Waals surface area contributed by atoms with Crippen molar-refractivity contribution in [3.05, 3.63) is 38.9 Å². The van der Waals surface area contributed by atoms with E-state index < -0.39 is 10.8 Å². The maximum atomic E-state index is 11.8. The summed E-state index contributed by atoms with van der Waals surface area (Å²) >= 11 is 5.83. The minimum Gasteiger partial charge on any atom is -0.394 e. The van der Waals surface area contributed by atoms with Crippen LogP contribution in [0.5, 0.6) is 0 Å². The Balaban J connectivity index is 2.45. The molecule has 0 unspecified atom stereocenters. The number of benzene rings is 1. The Bertz CT molecular complexity index is 481. The molecule has 0 aliphatic carbocycles. The van der Waals surface area contributed by atoms with Gasteiger partial charge in [-0.3, -0.25) is 14.9 Å². The van der Waals surface area contributed by atoms with Crippen molar-refractivity contribution in [3.63, 3.8) is 0 Å². The van der Waals surface area contributed by atoms with Crippen LogP contribution < -0.4 is 5.32 Å². The molecule has 0 aliphatic rings. The Labute approximate surface area is 120 Å². The van der Waals surface area contributed by atoms with Gasteiger partial charge in [0.1, 0.15) is 0 Å². The predicted molar refractivity (Wildman–Crippen MR) is 73.0 cm³/mol. The van der Waals surface area contributed by atoms with Gasteiger partial charge in [-0.15, -0.1) is 0 Å². The quantitative estimate of drug-likeness (QED) is 0.429. The predicted octanol–water partition coefficient (Wildman–Crippen LogP) is 1.38. The van der Waals surface area contributed by atoms with Crippen LogP contribution in [0.2, 0.25) is 5.02 Å². The van der Waals surface area contributed by atoms with Crippen LogP contribution in [0.1, 0.15) is 16.8 Å². The SMILES string of the molecule is O=C(NCCCOCCO)c1ccc([N+](=O)[O-])cc1Cl. The van der Waals surface area contributed by atoms with E-state index in [4.69, 9.17) is 21.4 Å². The molecular weight excluding hydrogens is 288 g/mol. The average Bonchev–Trinajstić information content (AvgIpc) is 2.42. The third-order valence-electron chi connectivity index (χ3n) is 2.39. The van der Waals surface area contributed by atoms with Crippen LogP contribution in [0.15, 0.2) is 18.2 Å². The number of amides is 1. The van der Waals surface area contributed by atoms with Crippen LogP contribution in [-0.4, -0.2) is 42.3 Å². The molecule has 0 spiro atoms. The number of aliphatic hydroxyl groups is 1. The van der Waals surface area contributed by atoms with E-state index >= 15 is 0 Å². The minimum absolute atomic E-state index is 0.0354. The number of carbonyl (C=O) groups excluding carboxylic acids is 1. The number of nitro benzene ring substituents is 1. The Morgan fingerprint density at radius 1 is 1.45 bits per heavy atom. The molecule has 0 heterocycles. The van der Waals surface area contributed by atoms with E-state index in [9.17, 15) is 14.9 Å². The van der Waals surface area contributed by atoms with Gasteiger partial charge in [0.25, 0.3) is 11.6 Å². The summed E-state index contributed by atoms with van der Waals surface area (Å²) in [5, 5.41) is 21.7. The number of hydrogen-bond acceptors (Lipinski definition) is 5. The van der Waals surface area contributed by atoms with Crippen LogP contribution in [0.25, 0.3) is 0 Å². The van der Waals surface area contributed by atoms with Gasteiger partial charge in [-0.25, -0.2) is 0 Å². The van der Waals surface area contributed by atoms with Crippen LogP contribution in [0, 0.1) is 10.1 Å². The van der Waals surface area contributed by atoms with Crippen molar-refractivity contribution in [2.45, 2.75) is 6.42 Å². The normalized spacial score (nSPS) is 10.3. The highest BCUT2D eigenvalue weighted by molar-refractivity contribution is 6.34. The molecule has 1 rings (SSSR count). The summed E-state index contributed by atoms with van der Waals surface area (Å²) in [6, 6.07) is 3.68. The molecular formula is C12H15ClN2O5. The lowest BCUT2D eigenvalue weighted by atomic mass is 10.2. The highest BCUT2D eigenvalue weighted by Gasteiger charge is 2.14. The van der Waals surface area contributed by atoms with Crippen molar-refractivity contribution in [1.82, 2.24) is 5.32 Å². The van der Waals surface area contributed by atoms with Crippen molar-refractivity contribution in [2.75, 3.05) is 26.4 Å². The molecule has 0 bridgehead atoms. The lowest BCUT2D eigenvalue weighted by Gasteiger charge is -2.07. The van der Waals surface area contributed by atoms with Crippen molar-refractivity contribution in [2.24, 2.45) is 0 Å². The third-order valence-corrected chi connectivity index (χ3v) is 2.71. The number of non-ortho nitro benzene ring substituents is 1. The number of hydrogen-bond donors (Lipinski definition) is 2. The van der Waals surface area contributed by atoms with Gasteiger partial charge in [0.05, 0.1) is 28.7 Å². The summed E-state index contributed by atoms with van der Waals surface area (Å²) in [7, 11) is 0. The number of nitrogens with zero attached hydrogens (tertiary/aromatic N) is 1. The first-order valence-corrected chi connectivity index (χ1v) is 6.34. The van der Waals surface area contributed by atoms with Crippen molar-refractivity contribution in [1.29, 1.82) is 0 Å². The summed E-state index contributed by atoms with van der Waals surface area (Å²) in [4.78, 5) is 21.8. The molecule has 1 aromatic carbocycles. The van der Waals surface area contributed by atoms with E-state index in [2.05, 4.69) is 5.32 Å². The van der Waals surface area contributed by atoms with Crippen molar-refractivity contribution in [3.8, 4) is 0 Å². The molecule has 0 saturated heterocycles. The van der Waals surface area contributed by atoms with Crippen molar-refractivity contribution < 1.29 is 19.6 Å². The zero-order chi connectivity index (χ0) is 15.0. The maximum absolute atomic E-state index is 11.8. The molecule has 0 fully saturated rings. The molecule has 1 aromatic rings. The summed E-state index contributed by atoms with van der Waals surface area (Å²) in [5.74, 6) is -0.396. The van der Waals surface area contributed by atoms with Gasteiger partial charge in [0.2, 0.25) is 0 Å². The average molecular weight is 303 g/mol. The molecule has 2 N–H and O–H groups in total. The second-order valence-corrected chi connectivity index (χ2v) is 4.27. The van der Waals surface area contributed by atoms with Gasteiger partial charge in [0.15, 0.2) is 0 Å². The van der Waals surface area contributed by atoms with E-state index in [-0.39, 0.29) is 29.5 Å². The van der Waals surface area contributed by atoms with E-state index in [0.29, 0.717) is 19.6 Å². The Hall–Kier alpha value is -1.70. The summed E-state index contributed by atoms with van der Waals surface area (Å²) < 4.78 is 5.03. The van der Waals surface area contributed by atoms with E-state index in [1.165, 1.54) is 12.1 Å². The van der Waals surface area contributed by atoms with Crippen LogP contribution in [-0.2, 0) is 4.74 Å². The third kappa shape index (κ3) is 5.12. The van der Waals surface area contributed by atoms with Crippen LogP contribution in [0.4, 0.5) is 5.69 Å². The Kier molecular flexibility index (Phi) is 6.92. The van der Waals surface area contributed by atoms with Crippen molar-refractivity contribution >= 4 is 23.2 Å². The molecule has 0 saturated carbocycles. The van der Waals surface area contributed by atoms with E-state index in [1.54, 1.807) is 0 Å². The molecule has 0 aromatic heterocycles. The fourth-order valence-corrected chi connectivity index (χ4v) is 1.70. The van der Waals surface area contributed by atoms with Crippen LogP contribution >= 0.6 is 11.6 Å². The molecule has 20 heavy (non-hydrogen) atoms. The largest absolute Gasteiger partial charge is 0.394 e. The second kappa shape index (κ2) is 8.47. The first kappa shape index (κ1) is 16.4. The first-order valence-electron chi connectivity index (χ1n) is 5.97. The summed E-state index contributed by atoms with van der Waals surface area (Å²) in [5.41, 5.74) is 0.0255. The zero-order valence-electron chi connectivity index (χ0n) is 10.7. The Morgan fingerprint density at radius 3 is 2.80 bits per heavy atom. The van der Waals surface area contributed by atoms with Gasteiger partial charge in [0, 0.05) is 25.3 Å². The van der Waals surface area contributed by atoms with Gasteiger partial charge in [-0.2, -0.15) is 0 Å². The van der Waals surface area contributed by atoms with E-state index in [1.807, 2.05) is 0 Å². The first-order chi connectivity index (χ1) is 9.56. The zero-order valence-corrected chi connectivity index (χ0v) is 11.4. The molecule has 1 amide bonds. The standard InChI is InChI=1S/C12H15ClN2O5/c13-11-8-9(15(18)19)2-3-10(11)12(17)14-4-1-6-20-7-5-16/h2-3,8,16H,1,4-7H2,(H,14,17). The number of nitro groups is 1. The van der Waals surface area contributed by atoms with Gasteiger partial charge in [-0.05, 0) is 12.5 Å². The number of aliphatic hydroxyl groups excluding tert-OH is 1. The topological polar surface area (TPSA) is 102 Å². The van der Waals surface area contributed by atoms with Gasteiger partial charge in [-0.1, -0.05) is 11.6 Å². The lowest BCUT2D eigenvalue weighted by molar-refractivity contribution is -0.384. The number of rotatable bonds is 8.